The molecule has 0 saturated heterocycles. The average molecular weight is 447 g/mol. The molecule has 0 spiro atoms. The Labute approximate surface area is 179 Å². The molecule has 0 aliphatic heterocycles. The summed E-state index contributed by atoms with van der Waals surface area (Å²) in [4.78, 5) is 29.2. The molecule has 1 aromatic heterocycles. The number of aromatic nitrogens is 2. The Morgan fingerprint density at radius 2 is 1.84 bits per heavy atom. The fraction of sp³-hybridized carbons (Fsp3) is 0.286. The average Bonchev–Trinajstić information content (AvgIpc) is 2.76. The number of sulfone groups is 1. The van der Waals surface area contributed by atoms with Crippen molar-refractivity contribution in [1.82, 2.24) is 15.0 Å². The summed E-state index contributed by atoms with van der Waals surface area (Å²) in [6.07, 6.45) is 2.10. The number of hydroxylamine groups is 1. The number of fused-ring (bicyclic) bond motifs is 1. The highest BCUT2D eigenvalue weighted by molar-refractivity contribution is 7.92. The molecular formula is C21H24N3O6S+. The summed E-state index contributed by atoms with van der Waals surface area (Å²) >= 11 is 0. The zero-order valence-corrected chi connectivity index (χ0v) is 18.2. The zero-order chi connectivity index (χ0) is 22.8. The number of methoxy groups -OCH3 is 1. The lowest BCUT2D eigenvalue weighted by Gasteiger charge is -2.24. The molecule has 3 rings (SSSR count). The monoisotopic (exact) mass is 446 g/mol. The van der Waals surface area contributed by atoms with Crippen LogP contribution < -0.4 is 15.8 Å². The van der Waals surface area contributed by atoms with Crippen LogP contribution in [0, 0.1) is 0 Å². The minimum absolute atomic E-state index is 0.0427. The highest BCUT2D eigenvalue weighted by Crippen LogP contribution is 2.25. The van der Waals surface area contributed by atoms with Crippen LogP contribution in [0.25, 0.3) is 22.0 Å². The molecule has 1 amide bonds. The van der Waals surface area contributed by atoms with E-state index in [-0.39, 0.29) is 18.5 Å². The zero-order valence-electron chi connectivity index (χ0n) is 17.4. The van der Waals surface area contributed by atoms with Crippen LogP contribution in [0.1, 0.15) is 13.3 Å². The van der Waals surface area contributed by atoms with Crippen LogP contribution in [-0.2, 0) is 21.2 Å². The Morgan fingerprint density at radius 3 is 2.42 bits per heavy atom. The van der Waals surface area contributed by atoms with Crippen molar-refractivity contribution in [3.63, 3.8) is 0 Å². The molecule has 2 aromatic carbocycles. The maximum absolute atomic E-state index is 12.9. The number of aryl methyl sites for hydroxylation is 1. The van der Waals surface area contributed by atoms with Crippen LogP contribution in [-0.4, -0.2) is 47.2 Å². The molecule has 0 unspecified atom stereocenters. The quantitative estimate of drug-likeness (QED) is 0.426. The van der Waals surface area contributed by atoms with Gasteiger partial charge in [0.2, 0.25) is 0 Å². The third kappa shape index (κ3) is 4.30. The Hall–Kier alpha value is -3.24. The van der Waals surface area contributed by atoms with Crippen LogP contribution >= 0.6 is 0 Å². The smallest absolute Gasteiger partial charge is 0.304 e. The summed E-state index contributed by atoms with van der Waals surface area (Å²) in [5.41, 5.74) is 3.64. The molecule has 0 radical (unpaired) electrons. The molecule has 3 aromatic rings. The van der Waals surface area contributed by atoms with E-state index in [1.54, 1.807) is 24.7 Å². The van der Waals surface area contributed by atoms with Gasteiger partial charge >= 0.3 is 5.91 Å². The number of hydrogen-bond acceptors (Lipinski definition) is 6. The second-order valence-electron chi connectivity index (χ2n) is 7.41. The third-order valence-corrected chi connectivity index (χ3v) is 7.52. The van der Waals surface area contributed by atoms with Crippen molar-refractivity contribution in [2.24, 2.45) is 0 Å². The fourth-order valence-corrected chi connectivity index (χ4v) is 4.06. The molecule has 0 saturated carbocycles. The van der Waals surface area contributed by atoms with Crippen molar-refractivity contribution in [2.75, 3.05) is 13.4 Å². The lowest BCUT2D eigenvalue weighted by atomic mass is 10.0. The van der Waals surface area contributed by atoms with Crippen LogP contribution in [0.3, 0.4) is 0 Å². The van der Waals surface area contributed by atoms with Crippen molar-refractivity contribution in [3.05, 3.63) is 59.1 Å². The largest absolute Gasteiger partial charge is 0.497 e. The van der Waals surface area contributed by atoms with Crippen LogP contribution in [0.4, 0.5) is 0 Å². The highest BCUT2D eigenvalue weighted by atomic mass is 32.2. The number of nitrogens with zero attached hydrogens (tertiary/aromatic N) is 2. The molecule has 3 N–H and O–H groups in total. The van der Waals surface area contributed by atoms with Gasteiger partial charge in [0.05, 0.1) is 24.3 Å². The number of benzene rings is 2. The first-order chi connectivity index (χ1) is 14.6. The first-order valence-electron chi connectivity index (χ1n) is 9.41. The Balaban J connectivity index is 1.92. The van der Waals surface area contributed by atoms with E-state index in [2.05, 4.69) is 4.98 Å². The van der Waals surface area contributed by atoms with Gasteiger partial charge in [0, 0.05) is 12.8 Å². The first-order valence-corrected chi connectivity index (χ1v) is 11.3. The Kier molecular flexibility index (Phi) is 6.14. The van der Waals surface area contributed by atoms with E-state index in [9.17, 15) is 18.0 Å². The molecule has 9 nitrogen and oxygen atoms in total. The van der Waals surface area contributed by atoms with Crippen LogP contribution in [0.2, 0.25) is 0 Å². The number of rotatable bonds is 7. The van der Waals surface area contributed by atoms with E-state index in [4.69, 9.17) is 9.94 Å². The normalized spacial score (nSPS) is 13.5. The van der Waals surface area contributed by atoms with Gasteiger partial charge < -0.3 is 9.94 Å². The highest BCUT2D eigenvalue weighted by Gasteiger charge is 2.44. The lowest BCUT2D eigenvalue weighted by Crippen LogP contribution is -2.50. The van der Waals surface area contributed by atoms with Gasteiger partial charge in [-0.15, -0.1) is 5.48 Å². The maximum Gasteiger partial charge on any atom is 0.304 e. The number of nitrogens with one attached hydrogen (secondary N) is 1. The minimum atomic E-state index is -3.82. The molecule has 0 fully saturated rings. The number of carbonyl (C=O) groups excluding carboxylic acids is 1. The van der Waals surface area contributed by atoms with Gasteiger partial charge in [-0.3, -0.25) is 14.2 Å². The first kappa shape index (κ1) is 22.4. The molecule has 31 heavy (non-hydrogen) atoms. The molecule has 0 aliphatic carbocycles. The summed E-state index contributed by atoms with van der Waals surface area (Å²) in [6.45, 7) is 1.20. The van der Waals surface area contributed by atoms with E-state index < -0.39 is 20.5 Å². The fourth-order valence-electron chi connectivity index (χ4n) is 3.21. The molecule has 1 atom stereocenters. The van der Waals surface area contributed by atoms with Crippen LogP contribution in [0.15, 0.2) is 53.6 Å². The van der Waals surface area contributed by atoms with Crippen molar-refractivity contribution in [2.45, 2.75) is 24.6 Å². The lowest BCUT2D eigenvalue weighted by molar-refractivity contribution is -0.131. The van der Waals surface area contributed by atoms with Crippen molar-refractivity contribution < 1.29 is 23.2 Å². The Bertz CT molecular complexity index is 1280. The van der Waals surface area contributed by atoms with Gasteiger partial charge in [-0.25, -0.2) is 13.4 Å². The van der Waals surface area contributed by atoms with E-state index in [1.807, 2.05) is 30.3 Å². The van der Waals surface area contributed by atoms with Crippen molar-refractivity contribution in [3.8, 4) is 16.9 Å². The van der Waals surface area contributed by atoms with E-state index >= 15 is 0 Å². The van der Waals surface area contributed by atoms with Crippen LogP contribution in [0.5, 0.6) is 5.75 Å². The van der Waals surface area contributed by atoms with Crippen molar-refractivity contribution in [1.29, 1.82) is 0 Å². The summed E-state index contributed by atoms with van der Waals surface area (Å²) in [5, 5.41) is 7.42. The second-order valence-corrected chi connectivity index (χ2v) is 9.86. The number of carbonyl (C=O) groups is 1. The van der Waals surface area contributed by atoms with E-state index in [0.717, 1.165) is 23.1 Å². The second kappa shape index (κ2) is 8.48. The van der Waals surface area contributed by atoms with Gasteiger partial charge in [0.1, 0.15) is 5.75 Å². The van der Waals surface area contributed by atoms with Gasteiger partial charge in [-0.05, 0) is 48.7 Å². The molecule has 10 heteroatoms. The number of hydrogen-bond donors (Lipinski definition) is 1. The predicted octanol–water partition coefficient (Wildman–Crippen LogP) is 1.02. The summed E-state index contributed by atoms with van der Waals surface area (Å²) in [6, 6.07) is 12.8. The van der Waals surface area contributed by atoms with E-state index in [0.29, 0.717) is 10.9 Å². The Morgan fingerprint density at radius 1 is 1.19 bits per heavy atom. The minimum Gasteiger partial charge on any atom is -0.497 e. The predicted molar refractivity (Wildman–Crippen MR) is 118 cm³/mol. The van der Waals surface area contributed by atoms with Gasteiger partial charge in [-0.2, -0.15) is 0 Å². The molecular weight excluding hydrogens is 422 g/mol. The number of amides is 1. The summed E-state index contributed by atoms with van der Waals surface area (Å²) in [5.74, 6) is -0.202. The maximum atomic E-state index is 12.9. The van der Waals surface area contributed by atoms with Gasteiger partial charge in [-0.1, -0.05) is 18.2 Å². The standard InChI is InChI=1S/C21H23N3O6S/c1-21(20(26)23-27,31(3,28)29)10-11-24-13-22-18-12-15(6-9-17(18)19(24)25)14-4-7-16(30-2)8-5-14/h4-9,12-13,27H,10-11H2,1-3H3,(H,23,26)/p+1/t21-/m1/s1. The summed E-state index contributed by atoms with van der Waals surface area (Å²) in [7, 11) is -2.22. The van der Waals surface area contributed by atoms with Gasteiger partial charge in [0.25, 0.3) is 5.56 Å². The topological polar surface area (TPSA) is 130 Å². The third-order valence-electron chi connectivity index (χ3n) is 5.49. The molecule has 0 aliphatic rings. The SMILES string of the molecule is COc1ccc(-c2ccc3c(=O)n(CC[C@](C)(C(=O)N[OH2+])S(C)(=O)=O)cnc3c2)cc1. The number of ether oxygens (including phenoxy) is 1. The van der Waals surface area contributed by atoms with Crippen molar-refractivity contribution >= 4 is 26.6 Å². The molecule has 1 heterocycles. The molecule has 0 bridgehead atoms. The van der Waals surface area contributed by atoms with Gasteiger partial charge in [0.15, 0.2) is 14.6 Å². The molecule has 164 valence electrons. The van der Waals surface area contributed by atoms with E-state index in [1.165, 1.54) is 17.8 Å². The summed E-state index contributed by atoms with van der Waals surface area (Å²) < 4.78 is 28.9.